The molecule has 2 aromatic rings. The van der Waals surface area contributed by atoms with Crippen LogP contribution >= 0.6 is 11.6 Å². The minimum atomic E-state index is -0.648. The Labute approximate surface area is 99.5 Å². The second-order valence-corrected chi connectivity index (χ2v) is 4.05. The van der Waals surface area contributed by atoms with Gasteiger partial charge >= 0.3 is 0 Å². The zero-order valence-electron chi connectivity index (χ0n) is 8.89. The highest BCUT2D eigenvalue weighted by molar-refractivity contribution is 6.30. The van der Waals surface area contributed by atoms with E-state index in [0.717, 1.165) is 16.7 Å². The lowest BCUT2D eigenvalue weighted by Gasteiger charge is -2.11. The number of benzene rings is 1. The molecule has 3 heteroatoms. The summed E-state index contributed by atoms with van der Waals surface area (Å²) >= 11 is 5.84. The summed E-state index contributed by atoms with van der Waals surface area (Å²) in [6.07, 6.45) is 0.956. The van der Waals surface area contributed by atoms with E-state index in [1.807, 2.05) is 43.3 Å². The molecule has 0 bridgehead atoms. The second-order valence-electron chi connectivity index (χ2n) is 3.69. The molecule has 0 unspecified atom stereocenters. The highest BCUT2D eigenvalue weighted by Crippen LogP contribution is 2.23. The predicted molar refractivity (Wildman–Crippen MR) is 64.5 cm³/mol. The summed E-state index contributed by atoms with van der Waals surface area (Å²) in [5, 5.41) is 10.6. The maximum atomic E-state index is 10.1. The fraction of sp³-hybridized carbons (Fsp3) is 0.154. The maximum absolute atomic E-state index is 10.1. The molecule has 0 amide bonds. The third-order valence-corrected chi connectivity index (χ3v) is 2.86. The van der Waals surface area contributed by atoms with Crippen molar-refractivity contribution in [3.63, 3.8) is 0 Å². The molecule has 1 aromatic carbocycles. The van der Waals surface area contributed by atoms with Gasteiger partial charge in [0.15, 0.2) is 0 Å². The van der Waals surface area contributed by atoms with E-state index in [4.69, 9.17) is 11.6 Å². The van der Waals surface area contributed by atoms with Gasteiger partial charge in [0.25, 0.3) is 0 Å². The Bertz CT molecular complexity index is 485. The largest absolute Gasteiger partial charge is 0.384 e. The van der Waals surface area contributed by atoms with Crippen LogP contribution < -0.4 is 0 Å². The van der Waals surface area contributed by atoms with Crippen LogP contribution in [-0.4, -0.2) is 10.1 Å². The molecule has 82 valence electrons. The quantitative estimate of drug-likeness (QED) is 0.809. The SMILES string of the molecule is Cc1cc([C@@H](O)c2ccccc2)cnc1Cl. The van der Waals surface area contributed by atoms with Gasteiger partial charge in [-0.25, -0.2) is 4.98 Å². The summed E-state index contributed by atoms with van der Waals surface area (Å²) in [6, 6.07) is 11.3. The Morgan fingerprint density at radius 2 is 1.88 bits per heavy atom. The van der Waals surface area contributed by atoms with Crippen LogP contribution in [0.15, 0.2) is 42.6 Å². The summed E-state index contributed by atoms with van der Waals surface area (Å²) in [6.45, 7) is 1.87. The molecule has 0 saturated carbocycles. The summed E-state index contributed by atoms with van der Waals surface area (Å²) in [7, 11) is 0. The second kappa shape index (κ2) is 4.64. The first-order valence-electron chi connectivity index (χ1n) is 5.03. The van der Waals surface area contributed by atoms with Crippen molar-refractivity contribution in [2.75, 3.05) is 0 Å². The Kier molecular flexibility index (Phi) is 3.22. The lowest BCUT2D eigenvalue weighted by Crippen LogP contribution is -2.00. The highest BCUT2D eigenvalue weighted by atomic mass is 35.5. The van der Waals surface area contributed by atoms with Crippen molar-refractivity contribution in [3.8, 4) is 0 Å². The summed E-state index contributed by atoms with van der Waals surface area (Å²) in [5.41, 5.74) is 2.48. The number of aliphatic hydroxyl groups is 1. The van der Waals surface area contributed by atoms with Crippen LogP contribution in [0.25, 0.3) is 0 Å². The molecule has 1 atom stereocenters. The maximum Gasteiger partial charge on any atom is 0.131 e. The number of rotatable bonds is 2. The third-order valence-electron chi connectivity index (χ3n) is 2.47. The number of aliphatic hydroxyl groups excluding tert-OH is 1. The number of pyridine rings is 1. The van der Waals surface area contributed by atoms with E-state index in [-0.39, 0.29) is 0 Å². The van der Waals surface area contributed by atoms with Gasteiger partial charge < -0.3 is 5.11 Å². The van der Waals surface area contributed by atoms with E-state index in [9.17, 15) is 5.11 Å². The van der Waals surface area contributed by atoms with Gasteiger partial charge in [-0.05, 0) is 24.1 Å². The zero-order chi connectivity index (χ0) is 11.5. The van der Waals surface area contributed by atoms with Crippen molar-refractivity contribution in [2.45, 2.75) is 13.0 Å². The van der Waals surface area contributed by atoms with E-state index in [0.29, 0.717) is 5.15 Å². The minimum absolute atomic E-state index is 0.476. The standard InChI is InChI=1S/C13H12ClNO/c1-9-7-11(8-15-13(9)14)12(16)10-5-3-2-4-6-10/h2-8,12,16H,1H3/t12-/m0/s1. The van der Waals surface area contributed by atoms with Gasteiger partial charge in [0.2, 0.25) is 0 Å². The van der Waals surface area contributed by atoms with Crippen LogP contribution in [0.5, 0.6) is 0 Å². The van der Waals surface area contributed by atoms with E-state index in [2.05, 4.69) is 4.98 Å². The first kappa shape index (κ1) is 11.1. The Morgan fingerprint density at radius 3 is 2.50 bits per heavy atom. The van der Waals surface area contributed by atoms with Gasteiger partial charge in [-0.2, -0.15) is 0 Å². The Balaban J connectivity index is 2.34. The number of halogens is 1. The van der Waals surface area contributed by atoms with Crippen LogP contribution in [0, 0.1) is 6.92 Å². The Morgan fingerprint density at radius 1 is 1.19 bits per heavy atom. The van der Waals surface area contributed by atoms with Gasteiger partial charge in [-0.15, -0.1) is 0 Å². The lowest BCUT2D eigenvalue weighted by atomic mass is 10.0. The number of aromatic nitrogens is 1. The molecule has 0 saturated heterocycles. The smallest absolute Gasteiger partial charge is 0.131 e. The fourth-order valence-electron chi connectivity index (χ4n) is 1.56. The lowest BCUT2D eigenvalue weighted by molar-refractivity contribution is 0.220. The summed E-state index contributed by atoms with van der Waals surface area (Å²) < 4.78 is 0. The monoisotopic (exact) mass is 233 g/mol. The van der Waals surface area contributed by atoms with Gasteiger partial charge in [0.05, 0.1) is 0 Å². The molecule has 0 aliphatic heterocycles. The van der Waals surface area contributed by atoms with Crippen molar-refractivity contribution >= 4 is 11.6 Å². The normalized spacial score (nSPS) is 12.4. The van der Waals surface area contributed by atoms with Crippen LogP contribution in [0.1, 0.15) is 22.8 Å². The molecule has 0 spiro atoms. The minimum Gasteiger partial charge on any atom is -0.384 e. The van der Waals surface area contributed by atoms with E-state index < -0.39 is 6.10 Å². The molecular weight excluding hydrogens is 222 g/mol. The van der Waals surface area contributed by atoms with E-state index >= 15 is 0 Å². The zero-order valence-corrected chi connectivity index (χ0v) is 9.65. The first-order valence-corrected chi connectivity index (χ1v) is 5.41. The van der Waals surface area contributed by atoms with Crippen molar-refractivity contribution in [1.29, 1.82) is 0 Å². The van der Waals surface area contributed by atoms with Crippen LogP contribution in [-0.2, 0) is 0 Å². The third kappa shape index (κ3) is 2.23. The van der Waals surface area contributed by atoms with Crippen LogP contribution in [0.4, 0.5) is 0 Å². The molecule has 0 fully saturated rings. The molecule has 0 radical (unpaired) electrons. The molecule has 0 aliphatic carbocycles. The first-order chi connectivity index (χ1) is 7.68. The number of hydrogen-bond acceptors (Lipinski definition) is 2. The molecular formula is C13H12ClNO. The van der Waals surface area contributed by atoms with E-state index in [1.54, 1.807) is 6.20 Å². The number of aryl methyl sites for hydroxylation is 1. The van der Waals surface area contributed by atoms with Crippen molar-refractivity contribution in [3.05, 3.63) is 64.4 Å². The summed E-state index contributed by atoms with van der Waals surface area (Å²) in [5.74, 6) is 0. The van der Waals surface area contributed by atoms with E-state index in [1.165, 1.54) is 0 Å². The molecule has 2 rings (SSSR count). The summed E-state index contributed by atoms with van der Waals surface area (Å²) in [4.78, 5) is 4.03. The topological polar surface area (TPSA) is 33.1 Å². The van der Waals surface area contributed by atoms with Gasteiger partial charge in [0, 0.05) is 11.8 Å². The van der Waals surface area contributed by atoms with Crippen molar-refractivity contribution in [2.24, 2.45) is 0 Å². The predicted octanol–water partition coefficient (Wildman–Crippen LogP) is 3.13. The number of nitrogens with zero attached hydrogens (tertiary/aromatic N) is 1. The van der Waals surface area contributed by atoms with Crippen LogP contribution in [0.3, 0.4) is 0 Å². The van der Waals surface area contributed by atoms with Gasteiger partial charge in [0.1, 0.15) is 11.3 Å². The molecule has 16 heavy (non-hydrogen) atoms. The van der Waals surface area contributed by atoms with Gasteiger partial charge in [-0.3, -0.25) is 0 Å². The highest BCUT2D eigenvalue weighted by Gasteiger charge is 2.11. The van der Waals surface area contributed by atoms with Gasteiger partial charge in [-0.1, -0.05) is 41.9 Å². The van der Waals surface area contributed by atoms with Crippen LogP contribution in [0.2, 0.25) is 5.15 Å². The number of hydrogen-bond donors (Lipinski definition) is 1. The molecule has 1 aromatic heterocycles. The molecule has 0 aliphatic rings. The fourth-order valence-corrected chi connectivity index (χ4v) is 1.66. The average Bonchev–Trinajstić information content (AvgIpc) is 2.33. The average molecular weight is 234 g/mol. The van der Waals surface area contributed by atoms with Crippen molar-refractivity contribution < 1.29 is 5.11 Å². The molecule has 2 nitrogen and oxygen atoms in total. The molecule has 1 heterocycles. The van der Waals surface area contributed by atoms with Crippen molar-refractivity contribution in [1.82, 2.24) is 4.98 Å². The molecule has 1 N–H and O–H groups in total. The Hall–Kier alpha value is -1.38.